The van der Waals surface area contributed by atoms with E-state index in [9.17, 15) is 4.79 Å². The Morgan fingerprint density at radius 2 is 2.06 bits per heavy atom. The van der Waals surface area contributed by atoms with E-state index in [2.05, 4.69) is 11.2 Å². The van der Waals surface area contributed by atoms with Crippen LogP contribution in [0.2, 0.25) is 0 Å². The van der Waals surface area contributed by atoms with Crippen molar-refractivity contribution in [1.82, 2.24) is 10.2 Å². The van der Waals surface area contributed by atoms with E-state index in [-0.39, 0.29) is 5.91 Å². The van der Waals surface area contributed by atoms with E-state index in [0.29, 0.717) is 24.9 Å². The highest BCUT2D eigenvalue weighted by Crippen LogP contribution is 2.22. The molecule has 3 nitrogen and oxygen atoms in total. The third-order valence-electron chi connectivity index (χ3n) is 3.53. The normalized spacial score (nSPS) is 24.8. The monoisotopic (exact) mass is 222 g/mol. The number of hydrogen-bond donors (Lipinski definition) is 1. The summed E-state index contributed by atoms with van der Waals surface area (Å²) >= 11 is 0. The van der Waals surface area contributed by atoms with E-state index in [0.717, 1.165) is 25.7 Å². The lowest BCUT2D eigenvalue weighted by Gasteiger charge is -2.34. The van der Waals surface area contributed by atoms with Crippen molar-refractivity contribution in [2.75, 3.05) is 14.1 Å². The molecule has 0 aliphatic heterocycles. The standard InChI is InChI=1S/C13H22N2O/c1-4-5-6-13(16)15(3)12-9-7-11(14-2)8-10-12/h1,11-12,14H,5-10H2,2-3H3. The van der Waals surface area contributed by atoms with Crippen molar-refractivity contribution in [1.29, 1.82) is 0 Å². The van der Waals surface area contributed by atoms with Crippen LogP contribution in [-0.2, 0) is 4.79 Å². The molecule has 1 fully saturated rings. The topological polar surface area (TPSA) is 32.3 Å². The van der Waals surface area contributed by atoms with Gasteiger partial charge in [0.1, 0.15) is 0 Å². The molecule has 0 atom stereocenters. The van der Waals surface area contributed by atoms with E-state index in [1.807, 2.05) is 19.0 Å². The van der Waals surface area contributed by atoms with Gasteiger partial charge in [0.25, 0.3) is 0 Å². The highest BCUT2D eigenvalue weighted by molar-refractivity contribution is 5.76. The quantitative estimate of drug-likeness (QED) is 0.729. The number of nitrogens with zero attached hydrogens (tertiary/aromatic N) is 1. The van der Waals surface area contributed by atoms with Crippen LogP contribution in [0, 0.1) is 12.3 Å². The molecule has 0 unspecified atom stereocenters. The minimum Gasteiger partial charge on any atom is -0.343 e. The lowest BCUT2D eigenvalue weighted by molar-refractivity contribution is -0.132. The molecule has 1 amide bonds. The number of terminal acetylenes is 1. The maximum absolute atomic E-state index is 11.8. The molecule has 0 radical (unpaired) electrons. The van der Waals surface area contributed by atoms with Crippen LogP contribution in [0.25, 0.3) is 0 Å². The van der Waals surface area contributed by atoms with E-state index in [1.54, 1.807) is 0 Å². The van der Waals surface area contributed by atoms with Crippen LogP contribution in [0.1, 0.15) is 38.5 Å². The second-order valence-electron chi connectivity index (χ2n) is 4.50. The fourth-order valence-corrected chi connectivity index (χ4v) is 2.31. The van der Waals surface area contributed by atoms with Gasteiger partial charge in [-0.05, 0) is 32.7 Å². The molecule has 0 bridgehead atoms. The molecule has 1 aliphatic rings. The minimum atomic E-state index is 0.186. The molecule has 0 saturated heterocycles. The number of carbonyl (C=O) groups excluding carboxylic acids is 1. The van der Waals surface area contributed by atoms with Crippen LogP contribution in [0.15, 0.2) is 0 Å². The molecule has 0 aromatic heterocycles. The Bertz CT molecular complexity index is 262. The van der Waals surface area contributed by atoms with Crippen LogP contribution < -0.4 is 5.32 Å². The van der Waals surface area contributed by atoms with Crippen molar-refractivity contribution in [3.8, 4) is 12.3 Å². The Hall–Kier alpha value is -1.01. The van der Waals surface area contributed by atoms with Crippen LogP contribution >= 0.6 is 0 Å². The molecule has 0 aromatic carbocycles. The fraction of sp³-hybridized carbons (Fsp3) is 0.769. The average molecular weight is 222 g/mol. The Kier molecular flexibility index (Phi) is 5.34. The zero-order chi connectivity index (χ0) is 12.0. The van der Waals surface area contributed by atoms with Gasteiger partial charge in [-0.15, -0.1) is 12.3 Å². The second kappa shape index (κ2) is 6.55. The smallest absolute Gasteiger partial charge is 0.223 e. The molecule has 3 heteroatoms. The van der Waals surface area contributed by atoms with Crippen LogP contribution in [0.3, 0.4) is 0 Å². The predicted molar refractivity (Wildman–Crippen MR) is 65.9 cm³/mol. The largest absolute Gasteiger partial charge is 0.343 e. The van der Waals surface area contributed by atoms with Crippen LogP contribution in [0.5, 0.6) is 0 Å². The van der Waals surface area contributed by atoms with Gasteiger partial charge in [-0.1, -0.05) is 0 Å². The number of nitrogens with one attached hydrogen (secondary N) is 1. The van der Waals surface area contributed by atoms with Gasteiger partial charge in [-0.2, -0.15) is 0 Å². The van der Waals surface area contributed by atoms with Crippen LogP contribution in [0.4, 0.5) is 0 Å². The first kappa shape index (κ1) is 13.1. The molecule has 1 N–H and O–H groups in total. The number of rotatable bonds is 4. The lowest BCUT2D eigenvalue weighted by Crippen LogP contribution is -2.42. The van der Waals surface area contributed by atoms with Gasteiger partial charge in [0, 0.05) is 32.0 Å². The van der Waals surface area contributed by atoms with E-state index in [1.165, 1.54) is 0 Å². The van der Waals surface area contributed by atoms with Crippen LogP contribution in [-0.4, -0.2) is 37.0 Å². The summed E-state index contributed by atoms with van der Waals surface area (Å²) in [6.45, 7) is 0. The highest BCUT2D eigenvalue weighted by atomic mass is 16.2. The maximum atomic E-state index is 11.8. The summed E-state index contributed by atoms with van der Waals surface area (Å²) in [5.41, 5.74) is 0. The first-order valence-corrected chi connectivity index (χ1v) is 6.05. The molecular weight excluding hydrogens is 200 g/mol. The zero-order valence-corrected chi connectivity index (χ0v) is 10.3. The SMILES string of the molecule is C#CCCC(=O)N(C)C1CCC(NC)CC1. The molecular formula is C13H22N2O. The van der Waals surface area contributed by atoms with Crippen molar-refractivity contribution in [3.05, 3.63) is 0 Å². The van der Waals surface area contributed by atoms with E-state index >= 15 is 0 Å². The molecule has 16 heavy (non-hydrogen) atoms. The first-order valence-electron chi connectivity index (χ1n) is 6.05. The third-order valence-corrected chi connectivity index (χ3v) is 3.53. The predicted octanol–water partition coefficient (Wildman–Crippen LogP) is 1.39. The Balaban J connectivity index is 2.35. The summed E-state index contributed by atoms with van der Waals surface area (Å²) in [7, 11) is 3.91. The summed E-state index contributed by atoms with van der Waals surface area (Å²) in [6, 6.07) is 1.04. The van der Waals surface area contributed by atoms with Crippen molar-refractivity contribution in [3.63, 3.8) is 0 Å². The average Bonchev–Trinajstić information content (AvgIpc) is 2.35. The van der Waals surface area contributed by atoms with Crippen molar-refractivity contribution < 1.29 is 4.79 Å². The molecule has 1 saturated carbocycles. The van der Waals surface area contributed by atoms with Crippen molar-refractivity contribution in [2.45, 2.75) is 50.6 Å². The van der Waals surface area contributed by atoms with Crippen molar-refractivity contribution in [2.24, 2.45) is 0 Å². The molecule has 0 aromatic rings. The highest BCUT2D eigenvalue weighted by Gasteiger charge is 2.25. The Morgan fingerprint density at radius 1 is 1.44 bits per heavy atom. The molecule has 1 aliphatic carbocycles. The number of hydrogen-bond acceptors (Lipinski definition) is 2. The van der Waals surface area contributed by atoms with Gasteiger partial charge in [-0.25, -0.2) is 0 Å². The molecule has 90 valence electrons. The van der Waals surface area contributed by atoms with Gasteiger partial charge >= 0.3 is 0 Å². The molecule has 0 spiro atoms. The summed E-state index contributed by atoms with van der Waals surface area (Å²) in [5.74, 6) is 2.70. The third kappa shape index (κ3) is 3.53. The molecule has 0 heterocycles. The minimum absolute atomic E-state index is 0.186. The summed E-state index contributed by atoms with van der Waals surface area (Å²) in [5, 5.41) is 3.30. The Labute approximate surface area is 98.6 Å². The number of carbonyl (C=O) groups is 1. The van der Waals surface area contributed by atoms with Crippen molar-refractivity contribution >= 4 is 5.91 Å². The molecule has 1 rings (SSSR count). The van der Waals surface area contributed by atoms with E-state index in [4.69, 9.17) is 6.42 Å². The summed E-state index contributed by atoms with van der Waals surface area (Å²) in [6.07, 6.45) is 10.7. The van der Waals surface area contributed by atoms with Gasteiger partial charge in [0.05, 0.1) is 0 Å². The van der Waals surface area contributed by atoms with Gasteiger partial charge in [-0.3, -0.25) is 4.79 Å². The fourth-order valence-electron chi connectivity index (χ4n) is 2.31. The first-order chi connectivity index (χ1) is 7.69. The lowest BCUT2D eigenvalue weighted by atomic mass is 9.90. The number of amides is 1. The Morgan fingerprint density at radius 3 is 2.56 bits per heavy atom. The van der Waals surface area contributed by atoms with Gasteiger partial charge in [0.2, 0.25) is 5.91 Å². The zero-order valence-electron chi connectivity index (χ0n) is 10.3. The van der Waals surface area contributed by atoms with Gasteiger partial charge in [0.15, 0.2) is 0 Å². The summed E-state index contributed by atoms with van der Waals surface area (Å²) in [4.78, 5) is 13.7. The maximum Gasteiger partial charge on any atom is 0.223 e. The van der Waals surface area contributed by atoms with Gasteiger partial charge < -0.3 is 10.2 Å². The summed E-state index contributed by atoms with van der Waals surface area (Å²) < 4.78 is 0. The van der Waals surface area contributed by atoms with E-state index < -0.39 is 0 Å². The second-order valence-corrected chi connectivity index (χ2v) is 4.50.